The highest BCUT2D eigenvalue weighted by Crippen LogP contribution is 2.62. The first kappa shape index (κ1) is 7.72. The predicted molar refractivity (Wildman–Crippen MR) is 54.4 cm³/mol. The van der Waals surface area contributed by atoms with Crippen LogP contribution in [0.1, 0.15) is 32.6 Å². The summed E-state index contributed by atoms with van der Waals surface area (Å²) in [5.41, 5.74) is 1.65. The Bertz CT molecular complexity index is 189. The van der Waals surface area contributed by atoms with Crippen molar-refractivity contribution in [2.24, 2.45) is 0 Å². The van der Waals surface area contributed by atoms with E-state index >= 15 is 0 Å². The van der Waals surface area contributed by atoms with Gasteiger partial charge in [0.15, 0.2) is 0 Å². The Balaban J connectivity index is 2.05. The number of hydrogen-bond donors (Lipinski definition) is 0. The van der Waals surface area contributed by atoms with E-state index in [-0.39, 0.29) is 10.0 Å². The van der Waals surface area contributed by atoms with Crippen LogP contribution in [0, 0.1) is 0 Å². The van der Waals surface area contributed by atoms with E-state index in [1.807, 2.05) is 0 Å². The second-order valence-corrected chi connectivity index (χ2v) is 7.89. The van der Waals surface area contributed by atoms with E-state index in [0.717, 1.165) is 5.25 Å². The van der Waals surface area contributed by atoms with Gasteiger partial charge in [-0.1, -0.05) is 18.4 Å². The van der Waals surface area contributed by atoms with Gasteiger partial charge in [-0.2, -0.15) is 0 Å². The van der Waals surface area contributed by atoms with Gasteiger partial charge in [-0.25, -0.2) is 10.0 Å². The van der Waals surface area contributed by atoms with Crippen molar-refractivity contribution in [3.8, 4) is 0 Å². The van der Waals surface area contributed by atoms with Crippen molar-refractivity contribution in [1.29, 1.82) is 0 Å². The van der Waals surface area contributed by atoms with Crippen LogP contribution < -0.4 is 0 Å². The third kappa shape index (κ3) is 1.24. The molecule has 0 nitrogen and oxygen atoms in total. The molecule has 0 aromatic carbocycles. The molecule has 1 saturated carbocycles. The molecule has 0 saturated heterocycles. The van der Waals surface area contributed by atoms with Crippen LogP contribution in [-0.2, 0) is 0 Å². The second-order valence-electron chi connectivity index (χ2n) is 4.24. The average Bonchev–Trinajstić information content (AvgIpc) is 2.34. The Morgan fingerprint density at radius 2 is 1.91 bits per heavy atom. The van der Waals surface area contributed by atoms with Gasteiger partial charge >= 0.3 is 0 Å². The Morgan fingerprint density at radius 1 is 1.36 bits per heavy atom. The van der Waals surface area contributed by atoms with Gasteiger partial charge in [-0.15, -0.1) is 0 Å². The average molecular weight is 170 g/mol. The summed E-state index contributed by atoms with van der Waals surface area (Å²) >= 11 is 0. The Morgan fingerprint density at radius 3 is 2.36 bits per heavy atom. The van der Waals surface area contributed by atoms with Crippen LogP contribution in [-0.4, -0.2) is 17.3 Å². The highest BCUT2D eigenvalue weighted by molar-refractivity contribution is 8.37. The molecular formula is C10H18S. The Labute approximate surface area is 71.4 Å². The summed E-state index contributed by atoms with van der Waals surface area (Å²) in [6.45, 7) is 2.28. The van der Waals surface area contributed by atoms with Gasteiger partial charge in [0.2, 0.25) is 0 Å². The lowest BCUT2D eigenvalue weighted by Gasteiger charge is -2.46. The zero-order valence-electron chi connectivity index (χ0n) is 7.60. The molecule has 1 aliphatic carbocycles. The molecule has 11 heavy (non-hydrogen) atoms. The van der Waals surface area contributed by atoms with Gasteiger partial charge in [0.25, 0.3) is 0 Å². The zero-order valence-corrected chi connectivity index (χ0v) is 8.41. The maximum Gasteiger partial charge on any atom is 0.00219 e. The van der Waals surface area contributed by atoms with Crippen LogP contribution in [0.3, 0.4) is 0 Å². The first-order valence-corrected chi connectivity index (χ1v) is 6.96. The number of hydrogen-bond acceptors (Lipinski definition) is 0. The molecule has 1 unspecified atom stereocenters. The molecule has 0 N–H and O–H groups in total. The van der Waals surface area contributed by atoms with Gasteiger partial charge < -0.3 is 0 Å². The third-order valence-corrected chi connectivity index (χ3v) is 7.09. The normalized spacial score (nSPS) is 44.4. The molecule has 2 aliphatic rings. The van der Waals surface area contributed by atoms with E-state index in [1.165, 1.54) is 31.4 Å². The summed E-state index contributed by atoms with van der Waals surface area (Å²) in [5, 5.41) is 3.69. The monoisotopic (exact) mass is 170 g/mol. The first-order valence-electron chi connectivity index (χ1n) is 4.63. The fourth-order valence-electron chi connectivity index (χ4n) is 2.57. The van der Waals surface area contributed by atoms with Crippen LogP contribution >= 0.6 is 10.0 Å². The second kappa shape index (κ2) is 2.55. The van der Waals surface area contributed by atoms with Gasteiger partial charge in [0.05, 0.1) is 0 Å². The molecule has 1 fully saturated rings. The van der Waals surface area contributed by atoms with E-state index in [4.69, 9.17) is 0 Å². The molecule has 0 amide bonds. The van der Waals surface area contributed by atoms with Crippen LogP contribution in [0.4, 0.5) is 0 Å². The van der Waals surface area contributed by atoms with Crippen LogP contribution in [0.15, 0.2) is 11.0 Å². The van der Waals surface area contributed by atoms with Gasteiger partial charge in [-0.3, -0.25) is 0 Å². The van der Waals surface area contributed by atoms with Crippen molar-refractivity contribution in [2.75, 3.05) is 12.0 Å². The minimum Gasteiger partial charge on any atom is -0.217 e. The quantitative estimate of drug-likeness (QED) is 0.566. The number of rotatable bonds is 1. The van der Waals surface area contributed by atoms with E-state index in [0.29, 0.717) is 0 Å². The highest BCUT2D eigenvalue weighted by Gasteiger charge is 2.34. The van der Waals surface area contributed by atoms with Crippen molar-refractivity contribution < 1.29 is 0 Å². The molecule has 0 aromatic rings. The lowest BCUT2D eigenvalue weighted by molar-refractivity contribution is 0.886. The third-order valence-electron chi connectivity index (χ3n) is 3.07. The molecule has 0 spiro atoms. The summed E-state index contributed by atoms with van der Waals surface area (Å²) in [5.74, 6) is 1.46. The van der Waals surface area contributed by atoms with Crippen molar-refractivity contribution >= 4 is 10.0 Å². The lowest BCUT2D eigenvalue weighted by Crippen LogP contribution is -2.22. The molecule has 1 aliphatic heterocycles. The smallest absolute Gasteiger partial charge is 0.00219 e. The Kier molecular flexibility index (Phi) is 1.79. The molecular weight excluding hydrogens is 152 g/mol. The predicted octanol–water partition coefficient (Wildman–Crippen LogP) is 3.28. The molecule has 1 heteroatoms. The van der Waals surface area contributed by atoms with Crippen LogP contribution in [0.2, 0.25) is 0 Å². The van der Waals surface area contributed by atoms with Crippen molar-refractivity contribution in [2.45, 2.75) is 37.9 Å². The maximum absolute atomic E-state index is 2.59. The van der Waals surface area contributed by atoms with E-state index in [2.05, 4.69) is 18.6 Å². The molecule has 1 atom stereocenters. The van der Waals surface area contributed by atoms with E-state index < -0.39 is 0 Å². The van der Waals surface area contributed by atoms with E-state index in [1.54, 1.807) is 5.57 Å². The molecule has 2 rings (SSSR count). The summed E-state index contributed by atoms with van der Waals surface area (Å²) in [7, 11) is -0.229. The van der Waals surface area contributed by atoms with E-state index in [9.17, 15) is 0 Å². The Hall–Kier alpha value is 0.0900. The van der Waals surface area contributed by atoms with Gasteiger partial charge in [0.1, 0.15) is 0 Å². The minimum atomic E-state index is -0.229. The minimum absolute atomic E-state index is 0.229. The maximum atomic E-state index is 2.59. The standard InChI is InChI=1S/C10H18S/c1-9-7-11(2,8-9)10-5-3-4-6-10/h7,10H,3-6,8H2,1-2H3. The fourth-order valence-corrected chi connectivity index (χ4v) is 6.26. The largest absolute Gasteiger partial charge is 0.217 e. The molecule has 1 heterocycles. The summed E-state index contributed by atoms with van der Waals surface area (Å²) in [4.78, 5) is 0. The van der Waals surface area contributed by atoms with Gasteiger partial charge in [0, 0.05) is 5.75 Å². The van der Waals surface area contributed by atoms with Crippen molar-refractivity contribution in [1.82, 2.24) is 0 Å². The molecule has 0 aromatic heterocycles. The summed E-state index contributed by atoms with van der Waals surface area (Å²) in [6, 6.07) is 0. The molecule has 0 radical (unpaired) electrons. The fraction of sp³-hybridized carbons (Fsp3) is 0.800. The topological polar surface area (TPSA) is 0 Å². The zero-order chi connectivity index (χ0) is 7.90. The SMILES string of the molecule is CC1=CS(C)(C2CCCC2)C1. The van der Waals surface area contributed by atoms with Crippen molar-refractivity contribution in [3.63, 3.8) is 0 Å². The van der Waals surface area contributed by atoms with Crippen LogP contribution in [0.25, 0.3) is 0 Å². The highest BCUT2D eigenvalue weighted by atomic mass is 32.3. The van der Waals surface area contributed by atoms with Gasteiger partial charge in [-0.05, 0) is 36.7 Å². The lowest BCUT2D eigenvalue weighted by atomic mass is 10.4. The molecule has 0 bridgehead atoms. The summed E-state index contributed by atoms with van der Waals surface area (Å²) < 4.78 is 0. The molecule has 64 valence electrons. The first-order chi connectivity index (χ1) is 5.21. The van der Waals surface area contributed by atoms with Crippen LogP contribution in [0.5, 0.6) is 0 Å². The summed E-state index contributed by atoms with van der Waals surface area (Å²) in [6.07, 6.45) is 8.57. The van der Waals surface area contributed by atoms with Crippen molar-refractivity contribution in [3.05, 3.63) is 11.0 Å².